The fourth-order valence-electron chi connectivity index (χ4n) is 1.62. The normalized spacial score (nSPS) is 9.63. The van der Waals surface area contributed by atoms with Crippen molar-refractivity contribution in [3.8, 4) is 11.8 Å². The van der Waals surface area contributed by atoms with Gasteiger partial charge in [-0.1, -0.05) is 12.1 Å². The van der Waals surface area contributed by atoms with E-state index in [1.54, 1.807) is 24.3 Å². The van der Waals surface area contributed by atoms with E-state index in [1.165, 1.54) is 18.2 Å². The van der Waals surface area contributed by atoms with Crippen molar-refractivity contribution in [1.29, 1.82) is 5.26 Å². The number of phenolic OH excluding ortho intramolecular Hbond substituents is 1. The second-order valence-electron chi connectivity index (χ2n) is 3.89. The minimum absolute atomic E-state index is 0.0990. The van der Waals surface area contributed by atoms with E-state index in [0.717, 1.165) is 0 Å². The number of nitrogens with two attached hydrogens (primary N) is 1. The molecule has 0 radical (unpaired) electrons. The fraction of sp³-hybridized carbons (Fsp3) is 0. The molecule has 0 unspecified atom stereocenters. The van der Waals surface area contributed by atoms with Crippen LogP contribution in [0.25, 0.3) is 0 Å². The largest absolute Gasteiger partial charge is 0.507 e. The molecule has 19 heavy (non-hydrogen) atoms. The van der Waals surface area contributed by atoms with Crippen molar-refractivity contribution in [2.75, 3.05) is 11.1 Å². The zero-order chi connectivity index (χ0) is 13.8. The lowest BCUT2D eigenvalue weighted by Gasteiger charge is -2.08. The van der Waals surface area contributed by atoms with E-state index >= 15 is 0 Å². The maximum Gasteiger partial charge on any atom is 0.259 e. The summed E-state index contributed by atoms with van der Waals surface area (Å²) in [6.07, 6.45) is 0. The predicted octanol–water partition coefficient (Wildman–Crippen LogP) is 2.10. The third kappa shape index (κ3) is 2.64. The molecular weight excluding hydrogens is 242 g/mol. The van der Waals surface area contributed by atoms with Gasteiger partial charge in [0, 0.05) is 11.8 Å². The molecule has 1 amide bonds. The lowest BCUT2D eigenvalue weighted by molar-refractivity contribution is 0.102. The maximum absolute atomic E-state index is 12.0. The van der Waals surface area contributed by atoms with Gasteiger partial charge in [-0.3, -0.25) is 4.79 Å². The molecule has 2 rings (SSSR count). The smallest absolute Gasteiger partial charge is 0.259 e. The predicted molar refractivity (Wildman–Crippen MR) is 71.6 cm³/mol. The number of para-hydroxylation sites is 1. The lowest BCUT2D eigenvalue weighted by atomic mass is 10.1. The van der Waals surface area contributed by atoms with Gasteiger partial charge in [0.25, 0.3) is 5.91 Å². The molecule has 94 valence electrons. The summed E-state index contributed by atoms with van der Waals surface area (Å²) in [5, 5.41) is 21.2. The molecule has 5 heteroatoms. The van der Waals surface area contributed by atoms with Gasteiger partial charge in [-0.15, -0.1) is 0 Å². The van der Waals surface area contributed by atoms with Crippen LogP contribution in [0.2, 0.25) is 0 Å². The molecule has 0 saturated heterocycles. The summed E-state index contributed by atoms with van der Waals surface area (Å²) in [5.41, 5.74) is 6.70. The van der Waals surface area contributed by atoms with Crippen LogP contribution in [0.3, 0.4) is 0 Å². The van der Waals surface area contributed by atoms with E-state index in [1.807, 2.05) is 6.07 Å². The topological polar surface area (TPSA) is 99.1 Å². The van der Waals surface area contributed by atoms with Gasteiger partial charge in [0.2, 0.25) is 0 Å². The summed E-state index contributed by atoms with van der Waals surface area (Å²) in [4.78, 5) is 12.0. The Morgan fingerprint density at radius 2 is 2.00 bits per heavy atom. The SMILES string of the molecule is N#Cc1ccccc1NC(=O)c1ccc(N)cc1O. The Morgan fingerprint density at radius 3 is 2.68 bits per heavy atom. The first-order chi connectivity index (χ1) is 9.11. The third-order valence-electron chi connectivity index (χ3n) is 2.56. The highest BCUT2D eigenvalue weighted by Gasteiger charge is 2.12. The Labute approximate surface area is 109 Å². The van der Waals surface area contributed by atoms with E-state index in [9.17, 15) is 9.90 Å². The van der Waals surface area contributed by atoms with Crippen molar-refractivity contribution in [1.82, 2.24) is 0 Å². The van der Waals surface area contributed by atoms with Gasteiger partial charge in [-0.05, 0) is 24.3 Å². The molecule has 0 spiro atoms. The number of aromatic hydroxyl groups is 1. The second kappa shape index (κ2) is 5.10. The van der Waals surface area contributed by atoms with Gasteiger partial charge in [0.05, 0.1) is 16.8 Å². The quantitative estimate of drug-likeness (QED) is 0.713. The van der Waals surface area contributed by atoms with Crippen LogP contribution in [-0.4, -0.2) is 11.0 Å². The Bertz CT molecular complexity index is 675. The summed E-state index contributed by atoms with van der Waals surface area (Å²) in [5.74, 6) is -0.702. The molecular formula is C14H11N3O2. The van der Waals surface area contributed by atoms with Crippen LogP contribution in [-0.2, 0) is 0 Å². The molecule has 0 aromatic heterocycles. The molecule has 0 heterocycles. The monoisotopic (exact) mass is 253 g/mol. The second-order valence-corrected chi connectivity index (χ2v) is 3.89. The zero-order valence-electron chi connectivity index (χ0n) is 9.92. The number of carbonyl (C=O) groups is 1. The first-order valence-electron chi connectivity index (χ1n) is 5.51. The molecule has 5 nitrogen and oxygen atoms in total. The van der Waals surface area contributed by atoms with Crippen molar-refractivity contribution in [2.45, 2.75) is 0 Å². The number of phenols is 1. The van der Waals surface area contributed by atoms with Crippen molar-refractivity contribution < 1.29 is 9.90 Å². The molecule has 0 atom stereocenters. The number of nitrogen functional groups attached to an aromatic ring is 1. The minimum Gasteiger partial charge on any atom is -0.507 e. The zero-order valence-corrected chi connectivity index (χ0v) is 9.92. The lowest BCUT2D eigenvalue weighted by Crippen LogP contribution is -2.13. The standard InChI is InChI=1S/C14H11N3O2/c15-8-9-3-1-2-4-12(9)17-14(19)11-6-5-10(16)7-13(11)18/h1-7,18H,16H2,(H,17,19). The highest BCUT2D eigenvalue weighted by molar-refractivity contribution is 6.06. The first-order valence-corrected chi connectivity index (χ1v) is 5.51. The molecule has 0 aliphatic rings. The molecule has 2 aromatic rings. The van der Waals surface area contributed by atoms with Crippen molar-refractivity contribution in [3.05, 3.63) is 53.6 Å². The molecule has 0 aliphatic heterocycles. The summed E-state index contributed by atoms with van der Waals surface area (Å²) >= 11 is 0. The van der Waals surface area contributed by atoms with Crippen LogP contribution in [0, 0.1) is 11.3 Å². The van der Waals surface area contributed by atoms with Crippen molar-refractivity contribution in [2.24, 2.45) is 0 Å². The number of nitrogens with zero attached hydrogens (tertiary/aromatic N) is 1. The summed E-state index contributed by atoms with van der Waals surface area (Å²) in [7, 11) is 0. The Kier molecular flexibility index (Phi) is 3.35. The highest BCUT2D eigenvalue weighted by Crippen LogP contribution is 2.22. The van der Waals surface area contributed by atoms with Gasteiger partial charge in [0.1, 0.15) is 11.8 Å². The van der Waals surface area contributed by atoms with Crippen LogP contribution in [0.1, 0.15) is 15.9 Å². The highest BCUT2D eigenvalue weighted by atomic mass is 16.3. The molecule has 0 saturated carbocycles. The first kappa shape index (κ1) is 12.5. The number of anilines is 2. The average Bonchev–Trinajstić information content (AvgIpc) is 2.39. The Balaban J connectivity index is 2.29. The van der Waals surface area contributed by atoms with Crippen LogP contribution in [0.4, 0.5) is 11.4 Å². The van der Waals surface area contributed by atoms with Gasteiger partial charge in [-0.2, -0.15) is 5.26 Å². The van der Waals surface area contributed by atoms with Crippen LogP contribution in [0.5, 0.6) is 5.75 Å². The molecule has 0 fully saturated rings. The van der Waals surface area contributed by atoms with Crippen molar-refractivity contribution in [3.63, 3.8) is 0 Å². The van der Waals surface area contributed by atoms with Crippen LogP contribution >= 0.6 is 0 Å². The number of rotatable bonds is 2. The fourth-order valence-corrected chi connectivity index (χ4v) is 1.62. The minimum atomic E-state index is -0.500. The van der Waals surface area contributed by atoms with E-state index in [4.69, 9.17) is 11.0 Å². The third-order valence-corrected chi connectivity index (χ3v) is 2.56. The van der Waals surface area contributed by atoms with Crippen molar-refractivity contribution >= 4 is 17.3 Å². The van der Waals surface area contributed by atoms with E-state index in [0.29, 0.717) is 16.9 Å². The number of nitrogens with one attached hydrogen (secondary N) is 1. The van der Waals surface area contributed by atoms with Gasteiger partial charge in [0.15, 0.2) is 0 Å². The van der Waals surface area contributed by atoms with Crippen LogP contribution in [0.15, 0.2) is 42.5 Å². The molecule has 2 aromatic carbocycles. The number of hydrogen-bond acceptors (Lipinski definition) is 4. The summed E-state index contributed by atoms with van der Waals surface area (Å²) < 4.78 is 0. The van der Waals surface area contributed by atoms with E-state index < -0.39 is 5.91 Å². The maximum atomic E-state index is 12.0. The Hall–Kier alpha value is -3.00. The average molecular weight is 253 g/mol. The Morgan fingerprint density at radius 1 is 1.26 bits per heavy atom. The molecule has 0 aliphatic carbocycles. The van der Waals surface area contributed by atoms with Gasteiger partial charge < -0.3 is 16.2 Å². The van der Waals surface area contributed by atoms with E-state index in [-0.39, 0.29) is 11.3 Å². The number of hydrogen-bond donors (Lipinski definition) is 3. The molecule has 4 N–H and O–H groups in total. The van der Waals surface area contributed by atoms with E-state index in [2.05, 4.69) is 5.32 Å². The number of nitriles is 1. The summed E-state index contributed by atoms with van der Waals surface area (Å²) in [6.45, 7) is 0. The van der Waals surface area contributed by atoms with Gasteiger partial charge in [-0.25, -0.2) is 0 Å². The van der Waals surface area contributed by atoms with Crippen LogP contribution < -0.4 is 11.1 Å². The number of benzene rings is 2. The number of carbonyl (C=O) groups excluding carboxylic acids is 1. The number of amides is 1. The van der Waals surface area contributed by atoms with Gasteiger partial charge >= 0.3 is 0 Å². The summed E-state index contributed by atoms with van der Waals surface area (Å²) in [6, 6.07) is 12.8. The molecule has 0 bridgehead atoms.